The summed E-state index contributed by atoms with van der Waals surface area (Å²) < 4.78 is 4.61. The lowest BCUT2D eigenvalue weighted by Crippen LogP contribution is -2.02. The maximum absolute atomic E-state index is 11.5. The smallest absolute Gasteiger partial charge is 0.341 e. The zero-order valence-corrected chi connectivity index (χ0v) is 11.7. The largest absolute Gasteiger partial charge is 0.505 e. The number of hydrogen-bond donors (Lipinski definition) is 2. The van der Waals surface area contributed by atoms with Crippen molar-refractivity contribution in [1.82, 2.24) is 4.98 Å². The van der Waals surface area contributed by atoms with Crippen molar-refractivity contribution in [2.45, 2.75) is 13.8 Å². The molecule has 1 heterocycles. The van der Waals surface area contributed by atoms with Crippen molar-refractivity contribution < 1.29 is 14.6 Å². The Morgan fingerprint density at radius 2 is 2.16 bits per heavy atom. The van der Waals surface area contributed by atoms with Crippen LogP contribution in [0.25, 0.3) is 0 Å². The fourth-order valence-corrected chi connectivity index (χ4v) is 2.39. The molecular formula is C13H14N2O3S. The van der Waals surface area contributed by atoms with Crippen LogP contribution in [0.15, 0.2) is 18.2 Å². The van der Waals surface area contributed by atoms with Gasteiger partial charge in [0.2, 0.25) is 0 Å². The fourth-order valence-electron chi connectivity index (χ4n) is 1.56. The Balaban J connectivity index is 2.33. The molecule has 2 aromatic rings. The minimum absolute atomic E-state index is 0.123. The zero-order valence-electron chi connectivity index (χ0n) is 10.9. The number of methoxy groups -OCH3 is 1. The van der Waals surface area contributed by atoms with E-state index < -0.39 is 5.97 Å². The molecule has 1 aromatic heterocycles. The topological polar surface area (TPSA) is 71.5 Å². The number of aromatic nitrogens is 1. The van der Waals surface area contributed by atoms with E-state index in [1.165, 1.54) is 24.5 Å². The highest BCUT2D eigenvalue weighted by molar-refractivity contribution is 7.15. The van der Waals surface area contributed by atoms with E-state index in [0.29, 0.717) is 10.8 Å². The Morgan fingerprint density at radius 1 is 1.42 bits per heavy atom. The SMILES string of the molecule is COC(=O)c1cccc(Nc2nc(C)c(C)s2)c1O. The van der Waals surface area contributed by atoms with Crippen molar-refractivity contribution in [3.05, 3.63) is 34.3 Å². The fraction of sp³-hybridized carbons (Fsp3) is 0.231. The van der Waals surface area contributed by atoms with Gasteiger partial charge in [-0.25, -0.2) is 9.78 Å². The Hall–Kier alpha value is -2.08. The maximum Gasteiger partial charge on any atom is 0.341 e. The summed E-state index contributed by atoms with van der Waals surface area (Å²) in [5.41, 5.74) is 1.49. The summed E-state index contributed by atoms with van der Waals surface area (Å²) in [6, 6.07) is 4.85. The summed E-state index contributed by atoms with van der Waals surface area (Å²) in [5.74, 6) is -0.715. The van der Waals surface area contributed by atoms with Crippen LogP contribution in [0.4, 0.5) is 10.8 Å². The van der Waals surface area contributed by atoms with Crippen molar-refractivity contribution in [3.8, 4) is 5.75 Å². The Labute approximate surface area is 114 Å². The first-order valence-corrected chi connectivity index (χ1v) is 6.46. The minimum Gasteiger partial charge on any atom is -0.505 e. The molecule has 0 saturated carbocycles. The van der Waals surface area contributed by atoms with Crippen LogP contribution in [0, 0.1) is 13.8 Å². The number of rotatable bonds is 3. The van der Waals surface area contributed by atoms with Gasteiger partial charge in [-0.15, -0.1) is 11.3 Å². The molecule has 0 atom stereocenters. The van der Waals surface area contributed by atoms with Crippen LogP contribution in [-0.4, -0.2) is 23.2 Å². The van der Waals surface area contributed by atoms with Gasteiger partial charge in [-0.3, -0.25) is 0 Å². The van der Waals surface area contributed by atoms with E-state index >= 15 is 0 Å². The Bertz CT molecular complexity index is 603. The van der Waals surface area contributed by atoms with Gasteiger partial charge in [0.05, 0.1) is 18.5 Å². The normalized spacial score (nSPS) is 10.3. The molecule has 0 amide bonds. The first-order valence-electron chi connectivity index (χ1n) is 5.64. The molecule has 19 heavy (non-hydrogen) atoms. The third kappa shape index (κ3) is 2.68. The molecule has 0 spiro atoms. The molecule has 0 aliphatic carbocycles. The van der Waals surface area contributed by atoms with Gasteiger partial charge in [-0.05, 0) is 26.0 Å². The number of aryl methyl sites for hydroxylation is 2. The molecule has 0 aliphatic rings. The van der Waals surface area contributed by atoms with Gasteiger partial charge >= 0.3 is 5.97 Å². The minimum atomic E-state index is -0.576. The second kappa shape index (κ2) is 5.27. The van der Waals surface area contributed by atoms with Gasteiger partial charge in [0.1, 0.15) is 5.56 Å². The average molecular weight is 278 g/mol. The van der Waals surface area contributed by atoms with Crippen molar-refractivity contribution in [2.24, 2.45) is 0 Å². The summed E-state index contributed by atoms with van der Waals surface area (Å²) in [6.07, 6.45) is 0. The first kappa shape index (κ1) is 13.4. The van der Waals surface area contributed by atoms with Gasteiger partial charge in [-0.1, -0.05) is 6.07 Å². The number of nitrogens with one attached hydrogen (secondary N) is 1. The average Bonchev–Trinajstić information content (AvgIpc) is 2.70. The molecule has 0 bridgehead atoms. The standard InChI is InChI=1S/C13H14N2O3S/c1-7-8(2)19-13(14-7)15-10-6-4-5-9(11(10)16)12(17)18-3/h4-6,16H,1-3H3,(H,14,15). The van der Waals surface area contributed by atoms with Gasteiger partial charge in [0.25, 0.3) is 0 Å². The van der Waals surface area contributed by atoms with Crippen molar-refractivity contribution in [3.63, 3.8) is 0 Å². The van der Waals surface area contributed by atoms with Crippen LogP contribution >= 0.6 is 11.3 Å². The highest BCUT2D eigenvalue weighted by atomic mass is 32.1. The molecule has 100 valence electrons. The highest BCUT2D eigenvalue weighted by Crippen LogP contribution is 2.32. The van der Waals surface area contributed by atoms with E-state index in [-0.39, 0.29) is 11.3 Å². The third-order valence-corrected chi connectivity index (χ3v) is 3.70. The molecule has 0 aliphatic heterocycles. The number of carbonyl (C=O) groups is 1. The van der Waals surface area contributed by atoms with Gasteiger partial charge < -0.3 is 15.2 Å². The van der Waals surface area contributed by atoms with Crippen LogP contribution in [-0.2, 0) is 4.74 Å². The van der Waals surface area contributed by atoms with Crippen LogP contribution in [0.2, 0.25) is 0 Å². The van der Waals surface area contributed by atoms with Crippen LogP contribution in [0.3, 0.4) is 0 Å². The third-order valence-electron chi connectivity index (χ3n) is 2.71. The van der Waals surface area contributed by atoms with Gasteiger partial charge in [0, 0.05) is 4.88 Å². The van der Waals surface area contributed by atoms with Crippen LogP contribution < -0.4 is 5.32 Å². The summed E-state index contributed by atoms with van der Waals surface area (Å²) in [5, 5.41) is 13.7. The zero-order chi connectivity index (χ0) is 14.0. The van der Waals surface area contributed by atoms with E-state index in [9.17, 15) is 9.90 Å². The van der Waals surface area contributed by atoms with Crippen LogP contribution in [0.1, 0.15) is 20.9 Å². The number of hydrogen-bond acceptors (Lipinski definition) is 6. The molecule has 1 aromatic carbocycles. The number of ether oxygens (including phenoxy) is 1. The molecular weight excluding hydrogens is 264 g/mol. The molecule has 2 rings (SSSR count). The number of esters is 1. The van der Waals surface area contributed by atoms with Crippen molar-refractivity contribution in [1.29, 1.82) is 0 Å². The number of benzene rings is 1. The number of nitrogens with zero attached hydrogens (tertiary/aromatic N) is 1. The van der Waals surface area contributed by atoms with Gasteiger partial charge in [-0.2, -0.15) is 0 Å². The van der Waals surface area contributed by atoms with Gasteiger partial charge in [0.15, 0.2) is 10.9 Å². The molecule has 0 fully saturated rings. The van der Waals surface area contributed by atoms with E-state index in [4.69, 9.17) is 0 Å². The lowest BCUT2D eigenvalue weighted by atomic mass is 10.1. The summed E-state index contributed by atoms with van der Waals surface area (Å²) in [7, 11) is 1.27. The predicted octanol–water partition coefficient (Wildman–Crippen LogP) is 3.00. The maximum atomic E-state index is 11.5. The highest BCUT2D eigenvalue weighted by Gasteiger charge is 2.15. The molecule has 0 unspecified atom stereocenters. The van der Waals surface area contributed by atoms with Crippen molar-refractivity contribution in [2.75, 3.05) is 12.4 Å². The predicted molar refractivity (Wildman–Crippen MR) is 74.3 cm³/mol. The number of phenolic OH excluding ortho intramolecular Hbond substituents is 1. The number of aromatic hydroxyl groups is 1. The molecule has 6 heteroatoms. The number of carbonyl (C=O) groups excluding carboxylic acids is 1. The Kier molecular flexibility index (Phi) is 3.71. The monoisotopic (exact) mass is 278 g/mol. The van der Waals surface area contributed by atoms with E-state index in [2.05, 4.69) is 15.0 Å². The second-order valence-electron chi connectivity index (χ2n) is 3.98. The number of anilines is 2. The second-order valence-corrected chi connectivity index (χ2v) is 5.18. The Morgan fingerprint density at radius 3 is 2.74 bits per heavy atom. The molecule has 0 radical (unpaired) electrons. The number of thiazole rings is 1. The van der Waals surface area contributed by atoms with E-state index in [1.807, 2.05) is 13.8 Å². The van der Waals surface area contributed by atoms with Crippen molar-refractivity contribution >= 4 is 28.1 Å². The summed E-state index contributed by atoms with van der Waals surface area (Å²) in [4.78, 5) is 16.9. The van der Waals surface area contributed by atoms with E-state index in [0.717, 1.165) is 10.6 Å². The summed E-state index contributed by atoms with van der Waals surface area (Å²) in [6.45, 7) is 3.89. The lowest BCUT2D eigenvalue weighted by Gasteiger charge is -2.08. The molecule has 5 nitrogen and oxygen atoms in total. The lowest BCUT2D eigenvalue weighted by molar-refractivity contribution is 0.0597. The molecule has 0 saturated heterocycles. The summed E-state index contributed by atoms with van der Waals surface area (Å²) >= 11 is 1.49. The van der Waals surface area contributed by atoms with E-state index in [1.54, 1.807) is 12.1 Å². The number of phenols is 1. The number of para-hydroxylation sites is 1. The molecule has 2 N–H and O–H groups in total. The van der Waals surface area contributed by atoms with Crippen LogP contribution in [0.5, 0.6) is 5.75 Å². The quantitative estimate of drug-likeness (QED) is 0.667. The first-order chi connectivity index (χ1) is 9.02.